The molecule has 0 aliphatic rings. The highest BCUT2D eigenvalue weighted by atomic mass is 16.5. The summed E-state index contributed by atoms with van der Waals surface area (Å²) in [5.41, 5.74) is 0.428. The molecule has 0 bridgehead atoms. The van der Waals surface area contributed by atoms with Gasteiger partial charge in [-0.15, -0.1) is 6.58 Å². The van der Waals surface area contributed by atoms with Gasteiger partial charge in [0.15, 0.2) is 6.61 Å². The minimum absolute atomic E-state index is 0.0691. The summed E-state index contributed by atoms with van der Waals surface area (Å²) in [6.07, 6.45) is 1.67. The number of ether oxygens (including phenoxy) is 1. The van der Waals surface area contributed by atoms with Crippen molar-refractivity contribution < 1.29 is 9.53 Å². The van der Waals surface area contributed by atoms with Crippen molar-refractivity contribution in [2.75, 3.05) is 19.7 Å². The number of rotatable bonds is 6. The van der Waals surface area contributed by atoms with Crippen LogP contribution in [0.1, 0.15) is 12.5 Å². The highest BCUT2D eigenvalue weighted by Crippen LogP contribution is 2.16. The average molecular weight is 244 g/mol. The summed E-state index contributed by atoms with van der Waals surface area (Å²) in [6, 6.07) is 8.87. The zero-order valence-corrected chi connectivity index (χ0v) is 10.4. The van der Waals surface area contributed by atoms with E-state index in [1.165, 1.54) is 0 Å². The molecule has 0 aliphatic heterocycles. The van der Waals surface area contributed by atoms with Gasteiger partial charge in [0.25, 0.3) is 5.91 Å². The molecule has 18 heavy (non-hydrogen) atoms. The molecule has 0 saturated heterocycles. The number of benzene rings is 1. The standard InChI is InChI=1S/C14H16N2O2/c1-3-9-16(4-2)14(17)11-18-13-8-6-5-7-12(13)10-15/h3,5-8H,1,4,9,11H2,2H3. The second-order valence-corrected chi connectivity index (χ2v) is 3.62. The molecule has 4 heteroatoms. The van der Waals surface area contributed by atoms with Crippen LogP contribution in [0.2, 0.25) is 0 Å². The second kappa shape index (κ2) is 7.13. The van der Waals surface area contributed by atoms with Crippen LogP contribution in [0.3, 0.4) is 0 Å². The molecule has 0 atom stereocenters. The maximum Gasteiger partial charge on any atom is 0.260 e. The molecule has 94 valence electrons. The van der Waals surface area contributed by atoms with E-state index in [0.717, 1.165) is 0 Å². The van der Waals surface area contributed by atoms with E-state index in [1.807, 2.05) is 13.0 Å². The van der Waals surface area contributed by atoms with E-state index in [2.05, 4.69) is 6.58 Å². The SMILES string of the molecule is C=CCN(CC)C(=O)COc1ccccc1C#N. The first-order valence-corrected chi connectivity index (χ1v) is 5.73. The van der Waals surface area contributed by atoms with Gasteiger partial charge >= 0.3 is 0 Å². The highest BCUT2D eigenvalue weighted by Gasteiger charge is 2.11. The van der Waals surface area contributed by atoms with E-state index in [1.54, 1.807) is 35.2 Å². The van der Waals surface area contributed by atoms with Crippen molar-refractivity contribution in [2.45, 2.75) is 6.92 Å². The molecule has 0 radical (unpaired) electrons. The van der Waals surface area contributed by atoms with Gasteiger partial charge in [-0.25, -0.2) is 0 Å². The normalized spacial score (nSPS) is 9.33. The predicted octanol–water partition coefficient (Wildman–Crippen LogP) is 1.97. The fourth-order valence-electron chi connectivity index (χ4n) is 1.48. The third-order valence-corrected chi connectivity index (χ3v) is 2.44. The van der Waals surface area contributed by atoms with Crippen molar-refractivity contribution in [2.24, 2.45) is 0 Å². The Kier molecular flexibility index (Phi) is 5.46. The fourth-order valence-corrected chi connectivity index (χ4v) is 1.48. The van der Waals surface area contributed by atoms with Gasteiger partial charge in [0.1, 0.15) is 11.8 Å². The molecule has 1 rings (SSSR count). The molecule has 0 unspecified atom stereocenters. The molecular formula is C14H16N2O2. The van der Waals surface area contributed by atoms with E-state index in [4.69, 9.17) is 10.00 Å². The third kappa shape index (κ3) is 3.63. The average Bonchev–Trinajstić information content (AvgIpc) is 2.42. The fraction of sp³-hybridized carbons (Fsp3) is 0.286. The molecule has 0 N–H and O–H groups in total. The van der Waals surface area contributed by atoms with Crippen LogP contribution in [0.5, 0.6) is 5.75 Å². The van der Waals surface area contributed by atoms with Gasteiger partial charge in [0.05, 0.1) is 5.56 Å². The van der Waals surface area contributed by atoms with Crippen LogP contribution in [-0.2, 0) is 4.79 Å². The Hall–Kier alpha value is -2.28. The Morgan fingerprint density at radius 1 is 1.56 bits per heavy atom. The molecule has 1 aromatic rings. The van der Waals surface area contributed by atoms with Gasteiger partial charge < -0.3 is 9.64 Å². The Morgan fingerprint density at radius 2 is 2.28 bits per heavy atom. The number of nitriles is 1. The maximum absolute atomic E-state index is 11.8. The summed E-state index contributed by atoms with van der Waals surface area (Å²) < 4.78 is 5.37. The van der Waals surface area contributed by atoms with Crippen molar-refractivity contribution in [3.8, 4) is 11.8 Å². The lowest BCUT2D eigenvalue weighted by atomic mass is 10.2. The minimum atomic E-state index is -0.120. The van der Waals surface area contributed by atoms with E-state index in [9.17, 15) is 4.79 Å². The summed E-state index contributed by atoms with van der Waals surface area (Å²) in [6.45, 7) is 6.53. The zero-order valence-electron chi connectivity index (χ0n) is 10.4. The number of hydrogen-bond donors (Lipinski definition) is 0. The largest absolute Gasteiger partial charge is 0.482 e. The van der Waals surface area contributed by atoms with Crippen LogP contribution in [0.25, 0.3) is 0 Å². The van der Waals surface area contributed by atoms with Crippen molar-refractivity contribution >= 4 is 5.91 Å². The number of para-hydroxylation sites is 1. The lowest BCUT2D eigenvalue weighted by Crippen LogP contribution is -2.34. The molecule has 0 heterocycles. The van der Waals surface area contributed by atoms with Crippen molar-refractivity contribution in [3.63, 3.8) is 0 Å². The van der Waals surface area contributed by atoms with Crippen molar-refractivity contribution in [3.05, 3.63) is 42.5 Å². The Morgan fingerprint density at radius 3 is 2.89 bits per heavy atom. The summed E-state index contributed by atoms with van der Waals surface area (Å²) >= 11 is 0. The van der Waals surface area contributed by atoms with Gasteiger partial charge in [-0.3, -0.25) is 4.79 Å². The smallest absolute Gasteiger partial charge is 0.260 e. The molecule has 0 fully saturated rings. The molecule has 0 saturated carbocycles. The molecule has 0 aromatic heterocycles. The van der Waals surface area contributed by atoms with Crippen molar-refractivity contribution in [1.29, 1.82) is 5.26 Å². The van der Waals surface area contributed by atoms with Crippen LogP contribution >= 0.6 is 0 Å². The van der Waals surface area contributed by atoms with Crippen LogP contribution in [0.15, 0.2) is 36.9 Å². The topological polar surface area (TPSA) is 53.3 Å². The Balaban J connectivity index is 2.62. The van der Waals surface area contributed by atoms with Gasteiger partial charge in [-0.2, -0.15) is 5.26 Å². The van der Waals surface area contributed by atoms with Crippen LogP contribution < -0.4 is 4.74 Å². The van der Waals surface area contributed by atoms with Crippen LogP contribution in [0, 0.1) is 11.3 Å². The molecule has 0 spiro atoms. The van der Waals surface area contributed by atoms with Crippen LogP contribution in [0.4, 0.5) is 0 Å². The quantitative estimate of drug-likeness (QED) is 0.719. The first-order valence-electron chi connectivity index (χ1n) is 5.73. The number of hydrogen-bond acceptors (Lipinski definition) is 3. The second-order valence-electron chi connectivity index (χ2n) is 3.62. The maximum atomic E-state index is 11.8. The van der Waals surface area contributed by atoms with Crippen molar-refractivity contribution in [1.82, 2.24) is 4.90 Å². The van der Waals surface area contributed by atoms with Gasteiger partial charge in [0.2, 0.25) is 0 Å². The predicted molar refractivity (Wildman–Crippen MR) is 69.1 cm³/mol. The number of likely N-dealkylation sites (N-methyl/N-ethyl adjacent to an activating group) is 1. The minimum Gasteiger partial charge on any atom is -0.482 e. The van der Waals surface area contributed by atoms with E-state index < -0.39 is 0 Å². The van der Waals surface area contributed by atoms with E-state index in [0.29, 0.717) is 24.4 Å². The summed E-state index contributed by atoms with van der Waals surface area (Å²) in [4.78, 5) is 13.4. The molecular weight excluding hydrogens is 228 g/mol. The molecule has 1 aromatic carbocycles. The van der Waals surface area contributed by atoms with Gasteiger partial charge in [0, 0.05) is 13.1 Å². The number of carbonyl (C=O) groups is 1. The first kappa shape index (κ1) is 13.8. The Labute approximate surface area is 107 Å². The van der Waals surface area contributed by atoms with E-state index >= 15 is 0 Å². The Bertz CT molecular complexity index is 463. The zero-order chi connectivity index (χ0) is 13.4. The lowest BCUT2D eigenvalue weighted by molar-refractivity contribution is -0.132. The summed E-state index contributed by atoms with van der Waals surface area (Å²) in [5.74, 6) is 0.313. The molecule has 4 nitrogen and oxygen atoms in total. The van der Waals surface area contributed by atoms with Gasteiger partial charge in [-0.05, 0) is 19.1 Å². The summed E-state index contributed by atoms with van der Waals surface area (Å²) in [7, 11) is 0. The van der Waals surface area contributed by atoms with E-state index in [-0.39, 0.29) is 12.5 Å². The third-order valence-electron chi connectivity index (χ3n) is 2.44. The first-order chi connectivity index (χ1) is 8.72. The highest BCUT2D eigenvalue weighted by molar-refractivity contribution is 5.78. The number of amides is 1. The monoisotopic (exact) mass is 244 g/mol. The van der Waals surface area contributed by atoms with Crippen LogP contribution in [-0.4, -0.2) is 30.5 Å². The van der Waals surface area contributed by atoms with Gasteiger partial charge in [-0.1, -0.05) is 18.2 Å². The number of nitrogens with zero attached hydrogens (tertiary/aromatic N) is 2. The molecule has 1 amide bonds. The number of carbonyl (C=O) groups excluding carboxylic acids is 1. The summed E-state index contributed by atoms with van der Waals surface area (Å²) in [5, 5.41) is 8.88. The lowest BCUT2D eigenvalue weighted by Gasteiger charge is -2.19. The molecule has 0 aliphatic carbocycles.